The highest BCUT2D eigenvalue weighted by molar-refractivity contribution is 6.34. The fourth-order valence-electron chi connectivity index (χ4n) is 4.39. The second kappa shape index (κ2) is 10.6. The smallest absolute Gasteiger partial charge is 0.171 e. The van der Waals surface area contributed by atoms with Crippen LogP contribution in [0, 0.1) is 18.2 Å². The molecule has 1 aliphatic rings. The van der Waals surface area contributed by atoms with Crippen LogP contribution in [0.4, 0.5) is 10.2 Å². The minimum Gasteiger partial charge on any atom is -0.378 e. The predicted octanol–water partition coefficient (Wildman–Crippen LogP) is 5.54. The van der Waals surface area contributed by atoms with Gasteiger partial charge in [-0.15, -0.1) is 0 Å². The number of benzene rings is 2. The zero-order chi connectivity index (χ0) is 26.0. The van der Waals surface area contributed by atoms with Gasteiger partial charge in [0.05, 0.1) is 29.3 Å². The van der Waals surface area contributed by atoms with E-state index in [4.69, 9.17) is 16.3 Å². The van der Waals surface area contributed by atoms with Gasteiger partial charge >= 0.3 is 0 Å². The summed E-state index contributed by atoms with van der Waals surface area (Å²) in [5.74, 6) is 0.350. The molecule has 1 saturated heterocycles. The number of nitrogens with zero attached hydrogens (tertiary/aromatic N) is 3. The van der Waals surface area contributed by atoms with Crippen LogP contribution in [-0.2, 0) is 22.4 Å². The van der Waals surface area contributed by atoms with E-state index in [0.717, 1.165) is 24.3 Å². The van der Waals surface area contributed by atoms with Crippen LogP contribution in [0.15, 0.2) is 30.3 Å². The first kappa shape index (κ1) is 26.2. The van der Waals surface area contributed by atoms with E-state index in [1.54, 1.807) is 6.07 Å². The van der Waals surface area contributed by atoms with Crippen molar-refractivity contribution in [1.82, 2.24) is 9.97 Å². The fourth-order valence-corrected chi connectivity index (χ4v) is 4.64. The Morgan fingerprint density at radius 3 is 2.50 bits per heavy atom. The van der Waals surface area contributed by atoms with Crippen molar-refractivity contribution in [3.63, 3.8) is 0 Å². The maximum atomic E-state index is 15.5. The number of carbonyl (C=O) groups is 2. The van der Waals surface area contributed by atoms with Gasteiger partial charge < -0.3 is 9.64 Å². The van der Waals surface area contributed by atoms with Gasteiger partial charge in [-0.25, -0.2) is 14.4 Å². The lowest BCUT2D eigenvalue weighted by Crippen LogP contribution is -2.37. The molecular weight excluding hydrogens is 481 g/mol. The van der Waals surface area contributed by atoms with E-state index < -0.39 is 17.0 Å². The number of aryl methyl sites for hydroxylation is 2. The Balaban J connectivity index is 1.65. The average Bonchev–Trinajstić information content (AvgIpc) is 2.83. The van der Waals surface area contributed by atoms with Gasteiger partial charge in [0.1, 0.15) is 23.2 Å². The lowest BCUT2D eigenvalue weighted by Gasteiger charge is -2.29. The van der Waals surface area contributed by atoms with E-state index in [1.807, 2.05) is 45.9 Å². The Kier molecular flexibility index (Phi) is 7.71. The van der Waals surface area contributed by atoms with Crippen molar-refractivity contribution >= 4 is 39.9 Å². The third-order valence-electron chi connectivity index (χ3n) is 6.47. The molecule has 1 aromatic heterocycles. The van der Waals surface area contributed by atoms with Crippen LogP contribution in [-0.4, -0.2) is 47.8 Å². The van der Waals surface area contributed by atoms with E-state index in [9.17, 15) is 9.59 Å². The van der Waals surface area contributed by atoms with Crippen LogP contribution in [0.5, 0.6) is 0 Å². The number of para-hydroxylation sites is 1. The van der Waals surface area contributed by atoms with Gasteiger partial charge in [-0.1, -0.05) is 50.6 Å². The highest BCUT2D eigenvalue weighted by Crippen LogP contribution is 2.30. The van der Waals surface area contributed by atoms with E-state index in [0.29, 0.717) is 35.7 Å². The van der Waals surface area contributed by atoms with Crippen LogP contribution in [0.1, 0.15) is 54.5 Å². The molecule has 0 aliphatic carbocycles. The number of rotatable bonds is 7. The molecule has 0 saturated carbocycles. The second-order valence-electron chi connectivity index (χ2n) is 10.2. The van der Waals surface area contributed by atoms with Gasteiger partial charge in [0, 0.05) is 36.7 Å². The summed E-state index contributed by atoms with van der Waals surface area (Å²) in [5.41, 5.74) is 1.01. The summed E-state index contributed by atoms with van der Waals surface area (Å²) in [5, 5.41) is 0.900. The first-order chi connectivity index (χ1) is 17.1. The fraction of sp³-hybridized carbons (Fsp3) is 0.429. The van der Waals surface area contributed by atoms with Gasteiger partial charge in [-0.2, -0.15) is 0 Å². The number of halogens is 2. The number of morpholine rings is 1. The van der Waals surface area contributed by atoms with Gasteiger partial charge in [-0.05, 0) is 36.6 Å². The molecule has 0 unspecified atom stereocenters. The Labute approximate surface area is 215 Å². The minimum absolute atomic E-state index is 0.0339. The third kappa shape index (κ3) is 5.57. The standard InChI is InChI=1S/C28H31ClFN3O3/c1-17-31-26-19(6-5-7-20(26)27(32-17)33-12-14-36-15-13-33)16-22(34)24-21(29)10-8-18(25(24)30)9-11-23(35)28(2,3)4/h5-8,10H,9,11-16H2,1-4H3. The molecule has 0 amide bonds. The molecule has 0 spiro atoms. The first-order valence-corrected chi connectivity index (χ1v) is 12.6. The number of ether oxygens (including phenoxy) is 1. The molecule has 2 heterocycles. The predicted molar refractivity (Wildman–Crippen MR) is 140 cm³/mol. The van der Waals surface area contributed by atoms with Crippen LogP contribution in [0.3, 0.4) is 0 Å². The molecular formula is C28H31ClFN3O3. The molecule has 1 fully saturated rings. The van der Waals surface area contributed by atoms with Crippen molar-refractivity contribution in [2.75, 3.05) is 31.2 Å². The van der Waals surface area contributed by atoms with Crippen LogP contribution < -0.4 is 4.90 Å². The van der Waals surface area contributed by atoms with E-state index in [-0.39, 0.29) is 35.6 Å². The monoisotopic (exact) mass is 511 g/mol. The molecule has 190 valence electrons. The summed E-state index contributed by atoms with van der Waals surface area (Å²) in [6, 6.07) is 8.70. The van der Waals surface area contributed by atoms with Crippen molar-refractivity contribution in [1.29, 1.82) is 0 Å². The average molecular weight is 512 g/mol. The van der Waals surface area contributed by atoms with E-state index >= 15 is 4.39 Å². The van der Waals surface area contributed by atoms with Crippen LogP contribution in [0.25, 0.3) is 10.9 Å². The van der Waals surface area contributed by atoms with Crippen LogP contribution in [0.2, 0.25) is 5.02 Å². The molecule has 0 atom stereocenters. The van der Waals surface area contributed by atoms with Crippen molar-refractivity contribution < 1.29 is 18.7 Å². The van der Waals surface area contributed by atoms with Crippen molar-refractivity contribution in [3.8, 4) is 0 Å². The maximum absolute atomic E-state index is 15.5. The summed E-state index contributed by atoms with van der Waals surface area (Å²) < 4.78 is 20.9. The Hall–Kier alpha value is -2.90. The minimum atomic E-state index is -0.658. The maximum Gasteiger partial charge on any atom is 0.171 e. The van der Waals surface area contributed by atoms with Crippen LogP contribution >= 0.6 is 11.6 Å². The number of Topliss-reactive ketones (excluding diaryl/α,β-unsaturated/α-hetero) is 2. The quantitative estimate of drug-likeness (QED) is 0.388. The molecule has 6 nitrogen and oxygen atoms in total. The number of carbonyl (C=O) groups excluding carboxylic acids is 2. The number of hydrogen-bond acceptors (Lipinski definition) is 6. The Morgan fingerprint density at radius 1 is 1.08 bits per heavy atom. The molecule has 0 bridgehead atoms. The molecule has 0 radical (unpaired) electrons. The van der Waals surface area contributed by atoms with Crippen molar-refractivity contribution in [3.05, 3.63) is 63.7 Å². The highest BCUT2D eigenvalue weighted by atomic mass is 35.5. The molecule has 0 N–H and O–H groups in total. The zero-order valence-electron chi connectivity index (χ0n) is 21.2. The lowest BCUT2D eigenvalue weighted by molar-refractivity contribution is -0.126. The molecule has 3 aromatic rings. The summed E-state index contributed by atoms with van der Waals surface area (Å²) in [7, 11) is 0. The molecule has 4 rings (SSSR count). The second-order valence-corrected chi connectivity index (χ2v) is 10.6. The van der Waals surface area contributed by atoms with E-state index in [1.165, 1.54) is 6.07 Å². The van der Waals surface area contributed by atoms with Crippen molar-refractivity contribution in [2.24, 2.45) is 5.41 Å². The first-order valence-electron chi connectivity index (χ1n) is 12.2. The largest absolute Gasteiger partial charge is 0.378 e. The Morgan fingerprint density at radius 2 is 1.81 bits per heavy atom. The SMILES string of the molecule is Cc1nc(N2CCOCC2)c2cccc(CC(=O)c3c(Cl)ccc(CCC(=O)C(C)(C)C)c3F)c2n1. The number of ketones is 2. The summed E-state index contributed by atoms with van der Waals surface area (Å²) in [4.78, 5) is 37.1. The summed E-state index contributed by atoms with van der Waals surface area (Å²) in [6.07, 6.45) is 0.347. The molecule has 36 heavy (non-hydrogen) atoms. The molecule has 1 aliphatic heterocycles. The number of fused-ring (bicyclic) bond motifs is 1. The van der Waals surface area contributed by atoms with Gasteiger partial charge in [0.25, 0.3) is 0 Å². The Bertz CT molecular complexity index is 1310. The van der Waals surface area contributed by atoms with Crippen molar-refractivity contribution in [2.45, 2.75) is 47.0 Å². The lowest BCUT2D eigenvalue weighted by atomic mass is 9.87. The van der Waals surface area contributed by atoms with Gasteiger partial charge in [0.2, 0.25) is 0 Å². The van der Waals surface area contributed by atoms with Gasteiger partial charge in [0.15, 0.2) is 5.78 Å². The summed E-state index contributed by atoms with van der Waals surface area (Å²) in [6.45, 7) is 10.0. The topological polar surface area (TPSA) is 72.4 Å². The molecule has 2 aromatic carbocycles. The van der Waals surface area contributed by atoms with Gasteiger partial charge in [-0.3, -0.25) is 9.59 Å². The molecule has 8 heteroatoms. The highest BCUT2D eigenvalue weighted by Gasteiger charge is 2.25. The zero-order valence-corrected chi connectivity index (χ0v) is 21.9. The number of hydrogen-bond donors (Lipinski definition) is 0. The third-order valence-corrected chi connectivity index (χ3v) is 6.79. The number of anilines is 1. The normalized spacial score (nSPS) is 14.3. The number of aromatic nitrogens is 2. The summed E-state index contributed by atoms with van der Waals surface area (Å²) >= 11 is 6.30. The van der Waals surface area contributed by atoms with E-state index in [2.05, 4.69) is 14.9 Å².